The monoisotopic (exact) mass is 222 g/mol. The van der Waals surface area contributed by atoms with Crippen LogP contribution in [0.1, 0.15) is 37.2 Å². The van der Waals surface area contributed by atoms with Gasteiger partial charge in [-0.05, 0) is 32.6 Å². The first kappa shape index (κ1) is 11.0. The molecule has 1 heterocycles. The SMILES string of the molecule is Cn1ncc(N)c1C(=O)NC(C)(C)C1CC1. The standard InChI is InChI=1S/C11H18N4O/c1-11(2,7-4-5-7)14-10(16)9-8(12)6-13-15(9)3/h6-7H,4-5,12H2,1-3H3,(H,14,16). The van der Waals surface area contributed by atoms with Crippen LogP contribution >= 0.6 is 0 Å². The number of nitrogens with one attached hydrogen (secondary N) is 1. The van der Waals surface area contributed by atoms with E-state index in [1.54, 1.807) is 7.05 Å². The van der Waals surface area contributed by atoms with Crippen molar-refractivity contribution in [2.45, 2.75) is 32.2 Å². The molecule has 5 heteroatoms. The molecule has 0 aromatic carbocycles. The summed E-state index contributed by atoms with van der Waals surface area (Å²) >= 11 is 0. The van der Waals surface area contributed by atoms with E-state index < -0.39 is 0 Å². The van der Waals surface area contributed by atoms with Crippen molar-refractivity contribution >= 4 is 11.6 Å². The molecule has 0 aliphatic heterocycles. The van der Waals surface area contributed by atoms with E-state index in [1.807, 2.05) is 0 Å². The van der Waals surface area contributed by atoms with Crippen molar-refractivity contribution in [1.82, 2.24) is 15.1 Å². The van der Waals surface area contributed by atoms with Crippen LogP contribution in [0, 0.1) is 5.92 Å². The maximum absolute atomic E-state index is 12.0. The fourth-order valence-electron chi connectivity index (χ4n) is 1.99. The third kappa shape index (κ3) is 1.89. The van der Waals surface area contributed by atoms with Crippen molar-refractivity contribution in [3.63, 3.8) is 0 Å². The molecule has 1 amide bonds. The Labute approximate surface area is 95.0 Å². The topological polar surface area (TPSA) is 72.9 Å². The van der Waals surface area contributed by atoms with E-state index in [2.05, 4.69) is 24.3 Å². The number of nitrogen functional groups attached to an aromatic ring is 1. The van der Waals surface area contributed by atoms with E-state index in [4.69, 9.17) is 5.73 Å². The van der Waals surface area contributed by atoms with Crippen LogP contribution in [0.5, 0.6) is 0 Å². The van der Waals surface area contributed by atoms with Gasteiger partial charge < -0.3 is 11.1 Å². The van der Waals surface area contributed by atoms with Crippen LogP contribution in [0.4, 0.5) is 5.69 Å². The Morgan fingerprint density at radius 1 is 1.62 bits per heavy atom. The average molecular weight is 222 g/mol. The number of amides is 1. The molecular weight excluding hydrogens is 204 g/mol. The second kappa shape index (κ2) is 3.50. The number of carbonyl (C=O) groups excluding carboxylic acids is 1. The van der Waals surface area contributed by atoms with Gasteiger partial charge in [-0.2, -0.15) is 5.10 Å². The summed E-state index contributed by atoms with van der Waals surface area (Å²) < 4.78 is 1.51. The van der Waals surface area contributed by atoms with Gasteiger partial charge >= 0.3 is 0 Å². The molecule has 0 bridgehead atoms. The van der Waals surface area contributed by atoms with Crippen LogP contribution in [0.15, 0.2) is 6.20 Å². The number of nitrogens with zero attached hydrogens (tertiary/aromatic N) is 2. The van der Waals surface area contributed by atoms with Gasteiger partial charge in [0.25, 0.3) is 5.91 Å². The van der Waals surface area contributed by atoms with E-state index in [9.17, 15) is 4.79 Å². The normalized spacial score (nSPS) is 16.2. The van der Waals surface area contributed by atoms with Gasteiger partial charge in [-0.1, -0.05) is 0 Å². The van der Waals surface area contributed by atoms with Crippen molar-refractivity contribution in [2.75, 3.05) is 5.73 Å². The number of anilines is 1. The van der Waals surface area contributed by atoms with Crippen LogP contribution in [-0.2, 0) is 7.05 Å². The lowest BCUT2D eigenvalue weighted by Crippen LogP contribution is -2.45. The molecule has 1 aliphatic carbocycles. The van der Waals surface area contributed by atoms with Crippen molar-refractivity contribution in [1.29, 1.82) is 0 Å². The Morgan fingerprint density at radius 3 is 2.69 bits per heavy atom. The molecule has 88 valence electrons. The van der Waals surface area contributed by atoms with Gasteiger partial charge in [-0.25, -0.2) is 0 Å². The Bertz CT molecular complexity index is 398. The zero-order chi connectivity index (χ0) is 11.9. The van der Waals surface area contributed by atoms with Crippen molar-refractivity contribution in [3.05, 3.63) is 11.9 Å². The summed E-state index contributed by atoms with van der Waals surface area (Å²) in [4.78, 5) is 12.0. The van der Waals surface area contributed by atoms with E-state index in [0.717, 1.165) is 0 Å². The quantitative estimate of drug-likeness (QED) is 0.798. The maximum atomic E-state index is 12.0. The minimum Gasteiger partial charge on any atom is -0.396 e. The first-order chi connectivity index (χ1) is 7.42. The molecule has 0 unspecified atom stereocenters. The molecule has 1 aromatic rings. The van der Waals surface area contributed by atoms with Crippen LogP contribution in [-0.4, -0.2) is 21.2 Å². The van der Waals surface area contributed by atoms with E-state index in [-0.39, 0.29) is 11.4 Å². The molecule has 2 rings (SSSR count). The van der Waals surface area contributed by atoms with Crippen molar-refractivity contribution in [2.24, 2.45) is 13.0 Å². The van der Waals surface area contributed by atoms with Crippen molar-refractivity contribution in [3.8, 4) is 0 Å². The zero-order valence-corrected chi connectivity index (χ0v) is 9.95. The summed E-state index contributed by atoms with van der Waals surface area (Å²) in [5.74, 6) is 0.445. The molecule has 1 saturated carbocycles. The molecular formula is C11H18N4O. The highest BCUT2D eigenvalue weighted by atomic mass is 16.2. The third-order valence-electron chi connectivity index (χ3n) is 3.22. The molecule has 0 saturated heterocycles. The van der Waals surface area contributed by atoms with Crippen LogP contribution in [0.2, 0.25) is 0 Å². The molecule has 0 spiro atoms. The molecule has 1 aromatic heterocycles. The predicted molar refractivity (Wildman–Crippen MR) is 61.9 cm³/mol. The second-order valence-electron chi connectivity index (χ2n) is 5.02. The lowest BCUT2D eigenvalue weighted by Gasteiger charge is -2.26. The van der Waals surface area contributed by atoms with Crippen LogP contribution < -0.4 is 11.1 Å². The Hall–Kier alpha value is -1.52. The first-order valence-electron chi connectivity index (χ1n) is 5.52. The first-order valence-corrected chi connectivity index (χ1v) is 5.52. The van der Waals surface area contributed by atoms with Gasteiger partial charge in [0.2, 0.25) is 0 Å². The molecule has 1 aliphatic rings. The molecule has 1 fully saturated rings. The summed E-state index contributed by atoms with van der Waals surface area (Å²) in [6.45, 7) is 4.10. The van der Waals surface area contributed by atoms with Gasteiger partial charge in [0, 0.05) is 12.6 Å². The van der Waals surface area contributed by atoms with Gasteiger partial charge in [-0.15, -0.1) is 0 Å². The minimum atomic E-state index is -0.159. The molecule has 0 radical (unpaired) electrons. The highest BCUT2D eigenvalue weighted by molar-refractivity contribution is 5.97. The number of hydrogen-bond donors (Lipinski definition) is 2. The third-order valence-corrected chi connectivity index (χ3v) is 3.22. The average Bonchev–Trinajstić information content (AvgIpc) is 2.93. The fraction of sp³-hybridized carbons (Fsp3) is 0.636. The lowest BCUT2D eigenvalue weighted by atomic mass is 9.98. The Kier molecular flexibility index (Phi) is 2.40. The zero-order valence-electron chi connectivity index (χ0n) is 9.95. The van der Waals surface area contributed by atoms with Crippen LogP contribution in [0.25, 0.3) is 0 Å². The van der Waals surface area contributed by atoms with Crippen LogP contribution in [0.3, 0.4) is 0 Å². The number of aryl methyl sites for hydroxylation is 1. The second-order valence-corrected chi connectivity index (χ2v) is 5.02. The number of hydrogen-bond acceptors (Lipinski definition) is 3. The van der Waals surface area contributed by atoms with E-state index in [1.165, 1.54) is 23.7 Å². The van der Waals surface area contributed by atoms with Crippen molar-refractivity contribution < 1.29 is 4.79 Å². The lowest BCUT2D eigenvalue weighted by molar-refractivity contribution is 0.0894. The fourth-order valence-corrected chi connectivity index (χ4v) is 1.99. The van der Waals surface area contributed by atoms with Gasteiger partial charge in [0.1, 0.15) is 5.69 Å². The summed E-state index contributed by atoms with van der Waals surface area (Å²) in [5, 5.41) is 6.98. The minimum absolute atomic E-state index is 0.144. The predicted octanol–water partition coefficient (Wildman–Crippen LogP) is 0.921. The Morgan fingerprint density at radius 2 is 2.25 bits per heavy atom. The molecule has 3 N–H and O–H groups in total. The van der Waals surface area contributed by atoms with Gasteiger partial charge in [-0.3, -0.25) is 9.48 Å². The van der Waals surface area contributed by atoms with E-state index >= 15 is 0 Å². The summed E-state index contributed by atoms with van der Waals surface area (Å²) in [5.41, 5.74) is 6.41. The summed E-state index contributed by atoms with van der Waals surface area (Å²) in [6, 6.07) is 0. The van der Waals surface area contributed by atoms with E-state index in [0.29, 0.717) is 17.3 Å². The van der Waals surface area contributed by atoms with Gasteiger partial charge in [0.15, 0.2) is 0 Å². The Balaban J connectivity index is 2.14. The summed E-state index contributed by atoms with van der Waals surface area (Å²) in [7, 11) is 1.72. The maximum Gasteiger partial charge on any atom is 0.272 e. The largest absolute Gasteiger partial charge is 0.396 e. The molecule has 0 atom stereocenters. The molecule has 5 nitrogen and oxygen atoms in total. The highest BCUT2D eigenvalue weighted by Crippen LogP contribution is 2.39. The number of rotatable bonds is 3. The number of aromatic nitrogens is 2. The number of nitrogens with two attached hydrogens (primary N) is 1. The smallest absolute Gasteiger partial charge is 0.272 e. The summed E-state index contributed by atoms with van der Waals surface area (Å²) in [6.07, 6.45) is 3.88. The number of carbonyl (C=O) groups is 1. The van der Waals surface area contributed by atoms with Gasteiger partial charge in [0.05, 0.1) is 11.9 Å². The highest BCUT2D eigenvalue weighted by Gasteiger charge is 2.39. The molecule has 16 heavy (non-hydrogen) atoms.